The first-order valence-electron chi connectivity index (χ1n) is 5.47. The summed E-state index contributed by atoms with van der Waals surface area (Å²) in [6, 6.07) is 6.32. The zero-order valence-corrected chi connectivity index (χ0v) is 11.9. The lowest BCUT2D eigenvalue weighted by molar-refractivity contribution is 0.402. The molecular weight excluding hydrogens is 284 g/mol. The molecule has 0 saturated heterocycles. The number of ether oxygens (including phenoxy) is 1. The van der Waals surface area contributed by atoms with Crippen molar-refractivity contribution in [3.63, 3.8) is 0 Å². The zero-order valence-electron chi connectivity index (χ0n) is 10.3. The smallest absolute Gasteiger partial charge is 0.244 e. The second kappa shape index (κ2) is 5.60. The van der Waals surface area contributed by atoms with Gasteiger partial charge < -0.3 is 10.5 Å². The topological polar surface area (TPSA) is 81.4 Å². The molecule has 2 aromatic rings. The first-order valence-corrected chi connectivity index (χ1v) is 7.90. The number of rotatable bonds is 5. The van der Waals surface area contributed by atoms with Crippen LogP contribution in [0.3, 0.4) is 0 Å². The predicted molar refractivity (Wildman–Crippen MR) is 75.8 cm³/mol. The number of hydrogen-bond acceptors (Lipinski definition) is 5. The monoisotopic (exact) mass is 298 g/mol. The van der Waals surface area contributed by atoms with Gasteiger partial charge in [0, 0.05) is 18.3 Å². The van der Waals surface area contributed by atoms with E-state index in [0.717, 1.165) is 5.56 Å². The highest BCUT2D eigenvalue weighted by molar-refractivity contribution is 7.89. The van der Waals surface area contributed by atoms with Crippen LogP contribution in [0.25, 0.3) is 0 Å². The van der Waals surface area contributed by atoms with E-state index in [1.807, 2.05) is 16.8 Å². The third-order valence-corrected chi connectivity index (χ3v) is 4.70. The Morgan fingerprint density at radius 1 is 1.37 bits per heavy atom. The summed E-state index contributed by atoms with van der Waals surface area (Å²) < 4.78 is 32.0. The van der Waals surface area contributed by atoms with Crippen LogP contribution >= 0.6 is 11.3 Å². The molecule has 7 heteroatoms. The summed E-state index contributed by atoms with van der Waals surface area (Å²) in [6.45, 7) is 0.249. The largest absolute Gasteiger partial charge is 0.495 e. The van der Waals surface area contributed by atoms with Crippen LogP contribution in [0.2, 0.25) is 0 Å². The van der Waals surface area contributed by atoms with E-state index in [1.165, 1.54) is 36.6 Å². The van der Waals surface area contributed by atoms with Crippen molar-refractivity contribution < 1.29 is 13.2 Å². The van der Waals surface area contributed by atoms with Crippen molar-refractivity contribution in [3.05, 3.63) is 40.6 Å². The molecule has 0 aliphatic rings. The minimum atomic E-state index is -3.62. The number of benzene rings is 1. The Labute approximate surface area is 116 Å². The van der Waals surface area contributed by atoms with Crippen LogP contribution in [0.15, 0.2) is 39.9 Å². The molecule has 1 heterocycles. The first-order chi connectivity index (χ1) is 9.03. The van der Waals surface area contributed by atoms with E-state index in [9.17, 15) is 8.42 Å². The van der Waals surface area contributed by atoms with Gasteiger partial charge in [-0.1, -0.05) is 0 Å². The van der Waals surface area contributed by atoms with Gasteiger partial charge in [-0.05, 0) is 34.5 Å². The van der Waals surface area contributed by atoms with E-state index in [4.69, 9.17) is 10.5 Å². The number of nitrogen functional groups attached to an aromatic ring is 1. The molecule has 19 heavy (non-hydrogen) atoms. The lowest BCUT2D eigenvalue weighted by atomic mass is 10.3. The summed E-state index contributed by atoms with van der Waals surface area (Å²) in [6.07, 6.45) is 0. The quantitative estimate of drug-likeness (QED) is 0.825. The van der Waals surface area contributed by atoms with Crippen LogP contribution in [0.4, 0.5) is 5.69 Å². The molecule has 0 saturated carbocycles. The van der Waals surface area contributed by atoms with E-state index in [1.54, 1.807) is 0 Å². The van der Waals surface area contributed by atoms with E-state index >= 15 is 0 Å². The van der Waals surface area contributed by atoms with Gasteiger partial charge in [0.2, 0.25) is 10.0 Å². The molecule has 0 fully saturated rings. The lowest BCUT2D eigenvalue weighted by Gasteiger charge is -2.10. The number of anilines is 1. The molecular formula is C12H14N2O3S2. The molecule has 0 amide bonds. The minimum absolute atomic E-state index is 0.0828. The SMILES string of the molecule is COc1cc(N)ccc1S(=O)(=O)NCc1ccsc1. The molecule has 0 radical (unpaired) electrons. The highest BCUT2D eigenvalue weighted by Gasteiger charge is 2.19. The van der Waals surface area contributed by atoms with E-state index in [0.29, 0.717) is 5.69 Å². The van der Waals surface area contributed by atoms with Crippen LogP contribution in [-0.2, 0) is 16.6 Å². The second-order valence-electron chi connectivity index (χ2n) is 3.87. The molecule has 0 aliphatic carbocycles. The van der Waals surface area contributed by atoms with Crippen LogP contribution in [0.1, 0.15) is 5.56 Å². The second-order valence-corrected chi connectivity index (χ2v) is 6.38. The van der Waals surface area contributed by atoms with Crippen molar-refractivity contribution in [3.8, 4) is 5.75 Å². The summed E-state index contributed by atoms with van der Waals surface area (Å²) in [5.74, 6) is 0.234. The van der Waals surface area contributed by atoms with E-state index in [2.05, 4.69) is 4.72 Å². The normalized spacial score (nSPS) is 11.4. The molecule has 0 aliphatic heterocycles. The van der Waals surface area contributed by atoms with Gasteiger partial charge in [0.1, 0.15) is 10.6 Å². The zero-order chi connectivity index (χ0) is 13.9. The van der Waals surface area contributed by atoms with Crippen molar-refractivity contribution >= 4 is 27.0 Å². The van der Waals surface area contributed by atoms with Crippen molar-refractivity contribution in [1.29, 1.82) is 0 Å². The molecule has 1 aromatic heterocycles. The fraction of sp³-hybridized carbons (Fsp3) is 0.167. The molecule has 102 valence electrons. The Kier molecular flexibility index (Phi) is 4.08. The van der Waals surface area contributed by atoms with Gasteiger partial charge in [-0.15, -0.1) is 0 Å². The number of methoxy groups -OCH3 is 1. The number of nitrogens with two attached hydrogens (primary N) is 1. The van der Waals surface area contributed by atoms with Crippen LogP contribution < -0.4 is 15.2 Å². The maximum atomic E-state index is 12.2. The molecule has 0 spiro atoms. The Morgan fingerprint density at radius 2 is 2.16 bits per heavy atom. The van der Waals surface area contributed by atoms with Crippen molar-refractivity contribution in [1.82, 2.24) is 4.72 Å². The van der Waals surface area contributed by atoms with Gasteiger partial charge in [-0.3, -0.25) is 0 Å². The average Bonchev–Trinajstić information content (AvgIpc) is 2.89. The minimum Gasteiger partial charge on any atom is -0.495 e. The number of nitrogens with one attached hydrogen (secondary N) is 1. The van der Waals surface area contributed by atoms with Crippen molar-refractivity contribution in [2.24, 2.45) is 0 Å². The molecule has 5 nitrogen and oxygen atoms in total. The van der Waals surface area contributed by atoms with Crippen molar-refractivity contribution in [2.45, 2.75) is 11.4 Å². The van der Waals surface area contributed by atoms with Gasteiger partial charge in [0.15, 0.2) is 0 Å². The Bertz CT molecular complexity index is 652. The predicted octanol–water partition coefficient (Wildman–Crippen LogP) is 1.82. The van der Waals surface area contributed by atoms with Crippen LogP contribution in [0, 0.1) is 0 Å². The summed E-state index contributed by atoms with van der Waals surface area (Å²) >= 11 is 1.52. The molecule has 0 bridgehead atoms. The average molecular weight is 298 g/mol. The molecule has 0 unspecified atom stereocenters. The third-order valence-electron chi connectivity index (χ3n) is 2.52. The summed E-state index contributed by atoms with van der Waals surface area (Å²) in [4.78, 5) is 0.0828. The lowest BCUT2D eigenvalue weighted by Crippen LogP contribution is -2.23. The van der Waals surface area contributed by atoms with E-state index < -0.39 is 10.0 Å². The van der Waals surface area contributed by atoms with Gasteiger partial charge in [0.05, 0.1) is 7.11 Å². The van der Waals surface area contributed by atoms with Crippen LogP contribution in [-0.4, -0.2) is 15.5 Å². The van der Waals surface area contributed by atoms with Gasteiger partial charge in [-0.2, -0.15) is 11.3 Å². The summed E-state index contributed by atoms with van der Waals surface area (Å²) in [5.41, 5.74) is 6.98. The number of hydrogen-bond donors (Lipinski definition) is 2. The highest BCUT2D eigenvalue weighted by Crippen LogP contribution is 2.26. The van der Waals surface area contributed by atoms with Crippen molar-refractivity contribution in [2.75, 3.05) is 12.8 Å². The standard InChI is InChI=1S/C12H14N2O3S2/c1-17-11-6-10(13)2-3-12(11)19(15,16)14-7-9-4-5-18-8-9/h2-6,8,14H,7,13H2,1H3. The molecule has 0 atom stereocenters. The maximum Gasteiger partial charge on any atom is 0.244 e. The first kappa shape index (κ1) is 13.9. The third kappa shape index (κ3) is 3.25. The van der Waals surface area contributed by atoms with Crippen LogP contribution in [0.5, 0.6) is 5.75 Å². The van der Waals surface area contributed by atoms with Gasteiger partial charge >= 0.3 is 0 Å². The fourth-order valence-corrected chi connectivity index (χ4v) is 3.39. The van der Waals surface area contributed by atoms with Gasteiger partial charge in [-0.25, -0.2) is 13.1 Å². The Hall–Kier alpha value is -1.57. The molecule has 1 aromatic carbocycles. The molecule has 3 N–H and O–H groups in total. The molecule has 2 rings (SSSR count). The maximum absolute atomic E-state index is 12.2. The fourth-order valence-electron chi connectivity index (χ4n) is 1.56. The Morgan fingerprint density at radius 3 is 2.79 bits per heavy atom. The summed E-state index contributed by atoms with van der Waals surface area (Å²) in [5, 5.41) is 3.79. The highest BCUT2D eigenvalue weighted by atomic mass is 32.2. The number of thiophene rings is 1. The number of sulfonamides is 1. The van der Waals surface area contributed by atoms with Gasteiger partial charge in [0.25, 0.3) is 0 Å². The van der Waals surface area contributed by atoms with E-state index in [-0.39, 0.29) is 17.2 Å². The Balaban J connectivity index is 2.24. The summed E-state index contributed by atoms with van der Waals surface area (Å²) in [7, 11) is -2.21.